The third kappa shape index (κ3) is 3.75. The van der Waals surface area contributed by atoms with Crippen molar-refractivity contribution in [1.82, 2.24) is 0 Å². The first-order chi connectivity index (χ1) is 9.70. The Morgan fingerprint density at radius 3 is 2.55 bits per heavy atom. The molecule has 0 N–H and O–H groups in total. The molecule has 2 rings (SSSR count). The Morgan fingerprint density at radius 1 is 1.10 bits per heavy atom. The van der Waals surface area contributed by atoms with E-state index in [2.05, 4.69) is 0 Å². The molecule has 0 aromatic heterocycles. The fourth-order valence-corrected chi connectivity index (χ4v) is 1.85. The summed E-state index contributed by atoms with van der Waals surface area (Å²) in [7, 11) is 0. The van der Waals surface area contributed by atoms with E-state index in [1.807, 2.05) is 30.3 Å². The van der Waals surface area contributed by atoms with E-state index in [4.69, 9.17) is 21.1 Å². The molecule has 0 aliphatic heterocycles. The van der Waals surface area contributed by atoms with Gasteiger partial charge < -0.3 is 9.47 Å². The zero-order valence-corrected chi connectivity index (χ0v) is 11.9. The van der Waals surface area contributed by atoms with Crippen LogP contribution >= 0.6 is 11.6 Å². The van der Waals surface area contributed by atoms with Crippen molar-refractivity contribution >= 4 is 17.6 Å². The van der Waals surface area contributed by atoms with E-state index in [1.165, 1.54) is 0 Å². The molecule has 0 aliphatic rings. The second-order valence-corrected chi connectivity index (χ2v) is 4.58. The van der Waals surface area contributed by atoms with E-state index >= 15 is 0 Å². The molecular weight excluding hydrogens is 276 g/mol. The Labute approximate surface area is 123 Å². The van der Waals surface area contributed by atoms with Gasteiger partial charge in [-0.3, -0.25) is 4.79 Å². The molecule has 0 bridgehead atoms. The molecule has 0 fully saturated rings. The summed E-state index contributed by atoms with van der Waals surface area (Å²) in [4.78, 5) is 11.4. The first-order valence-corrected chi connectivity index (χ1v) is 6.74. The monoisotopic (exact) mass is 290 g/mol. The number of benzene rings is 2. The molecule has 0 amide bonds. The second kappa shape index (κ2) is 6.96. The molecule has 0 radical (unpaired) electrons. The van der Waals surface area contributed by atoms with Crippen LogP contribution in [0.15, 0.2) is 48.5 Å². The highest BCUT2D eigenvalue weighted by Gasteiger charge is 2.12. The number of carbonyl (C=O) groups excluding carboxylic acids is 1. The first-order valence-electron chi connectivity index (χ1n) is 6.36. The zero-order valence-electron chi connectivity index (χ0n) is 11.1. The van der Waals surface area contributed by atoms with Crippen LogP contribution in [0.3, 0.4) is 0 Å². The lowest BCUT2D eigenvalue weighted by atomic mass is 10.2. The molecular formula is C16H15ClO3. The van der Waals surface area contributed by atoms with Gasteiger partial charge in [-0.2, -0.15) is 0 Å². The Morgan fingerprint density at radius 2 is 1.85 bits per heavy atom. The van der Waals surface area contributed by atoms with Gasteiger partial charge in [-0.25, -0.2) is 0 Å². The predicted octanol–water partition coefficient (Wildman–Crippen LogP) is 4.23. The van der Waals surface area contributed by atoms with Gasteiger partial charge in [0.15, 0.2) is 11.5 Å². The summed E-state index contributed by atoms with van der Waals surface area (Å²) in [6.07, 6.45) is 0.296. The number of halogens is 1. The summed E-state index contributed by atoms with van der Waals surface area (Å²) in [5.74, 6) is 0.414. The van der Waals surface area contributed by atoms with E-state index in [9.17, 15) is 4.79 Å². The number of rotatable bonds is 5. The van der Waals surface area contributed by atoms with Crippen LogP contribution < -0.4 is 9.47 Å². The van der Waals surface area contributed by atoms with E-state index in [1.54, 1.807) is 25.1 Å². The van der Waals surface area contributed by atoms with Crippen molar-refractivity contribution in [2.75, 3.05) is 0 Å². The number of esters is 1. The molecule has 0 unspecified atom stereocenters. The van der Waals surface area contributed by atoms with Crippen molar-refractivity contribution in [2.45, 2.75) is 20.0 Å². The largest absolute Gasteiger partial charge is 0.483 e. The number of hydrogen-bond donors (Lipinski definition) is 0. The Hall–Kier alpha value is -2.00. The SMILES string of the molecule is CCC(=O)Oc1cccc(Cl)c1OCc1ccccc1. The molecule has 0 saturated heterocycles. The van der Waals surface area contributed by atoms with Crippen LogP contribution in [0.1, 0.15) is 18.9 Å². The minimum absolute atomic E-state index is 0.296. The summed E-state index contributed by atoms with van der Waals surface area (Å²) in [6.45, 7) is 2.10. The zero-order chi connectivity index (χ0) is 14.4. The van der Waals surface area contributed by atoms with Crippen molar-refractivity contribution < 1.29 is 14.3 Å². The highest BCUT2D eigenvalue weighted by atomic mass is 35.5. The van der Waals surface area contributed by atoms with Gasteiger partial charge >= 0.3 is 5.97 Å². The molecule has 0 spiro atoms. The molecule has 0 aliphatic carbocycles. The normalized spacial score (nSPS) is 10.1. The van der Waals surface area contributed by atoms with Gasteiger partial charge in [-0.1, -0.05) is 54.9 Å². The molecule has 2 aromatic carbocycles. The summed E-state index contributed by atoms with van der Waals surface area (Å²) in [5.41, 5.74) is 1.01. The lowest BCUT2D eigenvalue weighted by Gasteiger charge is -2.12. The Balaban J connectivity index is 2.15. The first kappa shape index (κ1) is 14.4. The minimum atomic E-state index is -0.322. The van der Waals surface area contributed by atoms with Crippen LogP contribution in [0.4, 0.5) is 0 Å². The van der Waals surface area contributed by atoms with Gasteiger partial charge in [-0.05, 0) is 17.7 Å². The maximum Gasteiger partial charge on any atom is 0.311 e. The summed E-state index contributed by atoms with van der Waals surface area (Å²) in [5, 5.41) is 0.419. The second-order valence-electron chi connectivity index (χ2n) is 4.17. The van der Waals surface area contributed by atoms with Crippen LogP contribution in [-0.4, -0.2) is 5.97 Å². The maximum absolute atomic E-state index is 11.4. The maximum atomic E-state index is 11.4. The molecule has 104 valence electrons. The Bertz CT molecular complexity index is 582. The third-order valence-corrected chi connectivity index (χ3v) is 2.97. The minimum Gasteiger partial charge on any atom is -0.483 e. The summed E-state index contributed by atoms with van der Waals surface area (Å²) < 4.78 is 10.9. The van der Waals surface area contributed by atoms with Gasteiger partial charge in [0.1, 0.15) is 6.61 Å². The van der Waals surface area contributed by atoms with Crippen LogP contribution in [0.2, 0.25) is 5.02 Å². The van der Waals surface area contributed by atoms with E-state index in [-0.39, 0.29) is 5.97 Å². The van der Waals surface area contributed by atoms with Crippen LogP contribution in [0.25, 0.3) is 0 Å². The molecule has 3 nitrogen and oxygen atoms in total. The fraction of sp³-hybridized carbons (Fsp3) is 0.188. The molecule has 4 heteroatoms. The van der Waals surface area contributed by atoms with E-state index in [0.29, 0.717) is 29.5 Å². The number of para-hydroxylation sites is 1. The highest BCUT2D eigenvalue weighted by Crippen LogP contribution is 2.35. The van der Waals surface area contributed by atoms with Gasteiger partial charge in [0.05, 0.1) is 5.02 Å². The lowest BCUT2D eigenvalue weighted by Crippen LogP contribution is -2.07. The number of carbonyl (C=O) groups is 1. The fourth-order valence-electron chi connectivity index (χ4n) is 1.63. The van der Waals surface area contributed by atoms with E-state index in [0.717, 1.165) is 5.56 Å². The molecule has 20 heavy (non-hydrogen) atoms. The Kier molecular flexibility index (Phi) is 5.02. The molecule has 0 saturated carbocycles. The number of ether oxygens (including phenoxy) is 2. The summed E-state index contributed by atoms with van der Waals surface area (Å²) in [6, 6.07) is 14.8. The lowest BCUT2D eigenvalue weighted by molar-refractivity contribution is -0.134. The van der Waals surface area contributed by atoms with Crippen molar-refractivity contribution in [1.29, 1.82) is 0 Å². The smallest absolute Gasteiger partial charge is 0.311 e. The highest BCUT2D eigenvalue weighted by molar-refractivity contribution is 6.32. The van der Waals surface area contributed by atoms with Gasteiger partial charge in [0.25, 0.3) is 0 Å². The number of hydrogen-bond acceptors (Lipinski definition) is 3. The predicted molar refractivity (Wildman–Crippen MR) is 78.2 cm³/mol. The van der Waals surface area contributed by atoms with Crippen molar-refractivity contribution in [3.05, 3.63) is 59.1 Å². The third-order valence-electron chi connectivity index (χ3n) is 2.67. The van der Waals surface area contributed by atoms with Gasteiger partial charge in [0.2, 0.25) is 0 Å². The van der Waals surface area contributed by atoms with Gasteiger partial charge in [-0.15, -0.1) is 0 Å². The quantitative estimate of drug-likeness (QED) is 0.610. The topological polar surface area (TPSA) is 35.5 Å². The molecule has 2 aromatic rings. The van der Waals surface area contributed by atoms with Crippen LogP contribution in [0.5, 0.6) is 11.5 Å². The molecule has 0 heterocycles. The van der Waals surface area contributed by atoms with Crippen molar-refractivity contribution in [3.8, 4) is 11.5 Å². The average Bonchev–Trinajstić information content (AvgIpc) is 2.47. The van der Waals surface area contributed by atoms with Gasteiger partial charge in [0, 0.05) is 6.42 Å². The van der Waals surface area contributed by atoms with Crippen molar-refractivity contribution in [2.24, 2.45) is 0 Å². The average molecular weight is 291 g/mol. The standard InChI is InChI=1S/C16H15ClO3/c1-2-15(18)20-14-10-6-9-13(17)16(14)19-11-12-7-4-3-5-8-12/h3-10H,2,11H2,1H3. The van der Waals surface area contributed by atoms with Crippen LogP contribution in [0, 0.1) is 0 Å². The van der Waals surface area contributed by atoms with Crippen LogP contribution in [-0.2, 0) is 11.4 Å². The summed E-state index contributed by atoms with van der Waals surface area (Å²) >= 11 is 6.11. The van der Waals surface area contributed by atoms with Crippen molar-refractivity contribution in [3.63, 3.8) is 0 Å². The molecule has 0 atom stereocenters. The van der Waals surface area contributed by atoms with E-state index < -0.39 is 0 Å².